The van der Waals surface area contributed by atoms with Gasteiger partial charge < -0.3 is 15.1 Å². The maximum Gasteiger partial charge on any atom is 0.227 e. The Labute approximate surface area is 162 Å². The number of hydrogen-bond acceptors (Lipinski definition) is 3. The number of carbonyl (C=O) groups excluding carboxylic acids is 2. The Kier molecular flexibility index (Phi) is 6.22. The molecule has 1 fully saturated rings. The lowest BCUT2D eigenvalue weighted by molar-refractivity contribution is -0.128. The molecule has 1 saturated carbocycles. The maximum atomic E-state index is 12.5. The molecule has 0 radical (unpaired) electrons. The summed E-state index contributed by atoms with van der Waals surface area (Å²) in [5.41, 5.74) is 0.444. The Morgan fingerprint density at radius 2 is 1.58 bits per heavy atom. The summed E-state index contributed by atoms with van der Waals surface area (Å²) in [6, 6.07) is 8.71. The summed E-state index contributed by atoms with van der Waals surface area (Å²) < 4.78 is 5.21. The van der Waals surface area contributed by atoms with Crippen LogP contribution in [0.25, 0.3) is 0 Å². The first-order valence-corrected chi connectivity index (χ1v) is 9.35. The van der Waals surface area contributed by atoms with Gasteiger partial charge in [-0.15, -0.1) is 0 Å². The van der Waals surface area contributed by atoms with Crippen LogP contribution >= 0.6 is 23.2 Å². The summed E-state index contributed by atoms with van der Waals surface area (Å²) in [7, 11) is 0. The molecule has 26 heavy (non-hydrogen) atoms. The van der Waals surface area contributed by atoms with Gasteiger partial charge >= 0.3 is 0 Å². The predicted molar refractivity (Wildman–Crippen MR) is 101 cm³/mol. The van der Waals surface area contributed by atoms with Crippen molar-refractivity contribution in [1.29, 1.82) is 0 Å². The molecule has 0 saturated heterocycles. The van der Waals surface area contributed by atoms with Gasteiger partial charge in [0.15, 0.2) is 0 Å². The first-order chi connectivity index (χ1) is 12.5. The Bertz CT molecular complexity index is 749. The van der Waals surface area contributed by atoms with Gasteiger partial charge in [0.1, 0.15) is 5.76 Å². The number of benzene rings is 1. The lowest BCUT2D eigenvalue weighted by Gasteiger charge is -2.27. The Morgan fingerprint density at radius 1 is 0.962 bits per heavy atom. The molecule has 0 spiro atoms. The van der Waals surface area contributed by atoms with E-state index in [1.165, 1.54) is 0 Å². The van der Waals surface area contributed by atoms with Gasteiger partial charge in [0.05, 0.1) is 28.5 Å². The molecule has 7 heteroatoms. The molecular formula is C19H20Cl2N2O3. The third kappa shape index (κ3) is 4.59. The van der Waals surface area contributed by atoms with E-state index in [4.69, 9.17) is 27.6 Å². The van der Waals surface area contributed by atoms with Crippen LogP contribution in [0.15, 0.2) is 41.0 Å². The smallest absolute Gasteiger partial charge is 0.227 e. The van der Waals surface area contributed by atoms with Crippen molar-refractivity contribution >= 4 is 40.7 Å². The van der Waals surface area contributed by atoms with Gasteiger partial charge in [-0.1, -0.05) is 29.3 Å². The highest BCUT2D eigenvalue weighted by molar-refractivity contribution is 6.39. The molecule has 5 nitrogen and oxygen atoms in total. The van der Waals surface area contributed by atoms with Gasteiger partial charge in [0.25, 0.3) is 0 Å². The van der Waals surface area contributed by atoms with Gasteiger partial charge in [0, 0.05) is 11.8 Å². The molecule has 3 rings (SSSR count). The highest BCUT2D eigenvalue weighted by Crippen LogP contribution is 2.33. The molecule has 2 N–H and O–H groups in total. The first kappa shape index (κ1) is 18.8. The molecule has 1 aliphatic rings. The second-order valence-electron chi connectivity index (χ2n) is 6.43. The minimum Gasteiger partial charge on any atom is -0.467 e. The standard InChI is InChI=1S/C19H20Cl2N2O3/c20-15-4-1-5-16(21)17(15)23-19(25)13-8-6-12(7-9-13)18(24)22-11-14-3-2-10-26-14/h1-5,10,12-13H,6-9,11H2,(H,22,24)(H,23,25). The molecule has 1 heterocycles. The van der Waals surface area contributed by atoms with Crippen LogP contribution in [-0.2, 0) is 16.1 Å². The Morgan fingerprint density at radius 3 is 2.15 bits per heavy atom. The lowest BCUT2D eigenvalue weighted by atomic mass is 9.81. The molecule has 0 bridgehead atoms. The van der Waals surface area contributed by atoms with E-state index in [2.05, 4.69) is 10.6 Å². The average Bonchev–Trinajstić information content (AvgIpc) is 3.16. The van der Waals surface area contributed by atoms with Crippen molar-refractivity contribution in [1.82, 2.24) is 5.32 Å². The van der Waals surface area contributed by atoms with E-state index in [-0.39, 0.29) is 23.7 Å². The minimum atomic E-state index is -0.142. The molecule has 1 aliphatic carbocycles. The van der Waals surface area contributed by atoms with E-state index < -0.39 is 0 Å². The van der Waals surface area contributed by atoms with Gasteiger partial charge in [0.2, 0.25) is 11.8 Å². The van der Waals surface area contributed by atoms with Gasteiger partial charge in [-0.25, -0.2) is 0 Å². The zero-order valence-electron chi connectivity index (χ0n) is 14.1. The number of nitrogens with one attached hydrogen (secondary N) is 2. The first-order valence-electron chi connectivity index (χ1n) is 8.59. The molecular weight excluding hydrogens is 375 g/mol. The highest BCUT2D eigenvalue weighted by atomic mass is 35.5. The fraction of sp³-hybridized carbons (Fsp3) is 0.368. The van der Waals surface area contributed by atoms with Gasteiger partial charge in [-0.05, 0) is 49.9 Å². The Hall–Kier alpha value is -1.98. The van der Waals surface area contributed by atoms with Crippen LogP contribution in [0.4, 0.5) is 5.69 Å². The number of para-hydroxylation sites is 1. The van der Waals surface area contributed by atoms with E-state index in [0.717, 1.165) is 5.76 Å². The molecule has 0 unspecified atom stereocenters. The largest absolute Gasteiger partial charge is 0.467 e. The van der Waals surface area contributed by atoms with E-state index in [1.54, 1.807) is 30.5 Å². The van der Waals surface area contributed by atoms with Crippen LogP contribution in [0.5, 0.6) is 0 Å². The topological polar surface area (TPSA) is 71.3 Å². The molecule has 0 aliphatic heterocycles. The van der Waals surface area contributed by atoms with Crippen molar-refractivity contribution in [2.24, 2.45) is 11.8 Å². The minimum absolute atomic E-state index is 0.00871. The van der Waals surface area contributed by atoms with Crippen LogP contribution in [0, 0.1) is 11.8 Å². The second kappa shape index (κ2) is 8.60. The van der Waals surface area contributed by atoms with Crippen LogP contribution in [0.2, 0.25) is 10.0 Å². The van der Waals surface area contributed by atoms with Crippen LogP contribution in [0.3, 0.4) is 0 Å². The van der Waals surface area contributed by atoms with Crippen molar-refractivity contribution in [3.8, 4) is 0 Å². The van der Waals surface area contributed by atoms with Crippen LogP contribution in [0.1, 0.15) is 31.4 Å². The number of hydrogen-bond donors (Lipinski definition) is 2. The van der Waals surface area contributed by atoms with Crippen molar-refractivity contribution in [2.75, 3.05) is 5.32 Å². The molecule has 138 valence electrons. The van der Waals surface area contributed by atoms with Crippen LogP contribution in [-0.4, -0.2) is 11.8 Å². The monoisotopic (exact) mass is 394 g/mol. The molecule has 1 aromatic heterocycles. The number of halogens is 2. The second-order valence-corrected chi connectivity index (χ2v) is 7.25. The van der Waals surface area contributed by atoms with Crippen LogP contribution < -0.4 is 10.6 Å². The number of furan rings is 1. The summed E-state index contributed by atoms with van der Waals surface area (Å²) in [5, 5.41) is 6.53. The highest BCUT2D eigenvalue weighted by Gasteiger charge is 2.30. The third-order valence-electron chi connectivity index (χ3n) is 4.70. The van der Waals surface area contributed by atoms with E-state index in [9.17, 15) is 9.59 Å². The van der Waals surface area contributed by atoms with Gasteiger partial charge in [-0.3, -0.25) is 9.59 Å². The SMILES string of the molecule is O=C(NCc1ccco1)C1CCC(C(=O)Nc2c(Cl)cccc2Cl)CC1. The summed E-state index contributed by atoms with van der Waals surface area (Å²) in [5.74, 6) is 0.418. The van der Waals surface area contributed by atoms with E-state index >= 15 is 0 Å². The normalized spacial score (nSPS) is 19.8. The van der Waals surface area contributed by atoms with Gasteiger partial charge in [-0.2, -0.15) is 0 Å². The van der Waals surface area contributed by atoms with E-state index in [1.807, 2.05) is 6.07 Å². The molecule has 2 aromatic rings. The summed E-state index contributed by atoms with van der Waals surface area (Å²) >= 11 is 12.2. The van der Waals surface area contributed by atoms with Crippen molar-refractivity contribution in [3.63, 3.8) is 0 Å². The maximum absolute atomic E-state index is 12.5. The average molecular weight is 395 g/mol. The molecule has 1 aromatic carbocycles. The van der Waals surface area contributed by atoms with Crippen molar-refractivity contribution in [2.45, 2.75) is 32.2 Å². The number of carbonyl (C=O) groups is 2. The molecule has 2 amide bonds. The lowest BCUT2D eigenvalue weighted by Crippen LogP contribution is -2.35. The quantitative estimate of drug-likeness (QED) is 0.774. The fourth-order valence-electron chi connectivity index (χ4n) is 3.19. The van der Waals surface area contributed by atoms with E-state index in [0.29, 0.717) is 48.0 Å². The molecule has 0 atom stereocenters. The van der Waals surface area contributed by atoms with Crippen molar-refractivity contribution < 1.29 is 14.0 Å². The van der Waals surface area contributed by atoms with Crippen molar-refractivity contribution in [3.05, 3.63) is 52.4 Å². The Balaban J connectivity index is 1.48. The zero-order valence-corrected chi connectivity index (χ0v) is 15.6. The zero-order chi connectivity index (χ0) is 18.5. The fourth-order valence-corrected chi connectivity index (χ4v) is 3.68. The predicted octanol–water partition coefficient (Wildman–Crippen LogP) is 4.65. The summed E-state index contributed by atoms with van der Waals surface area (Å²) in [6.07, 6.45) is 4.26. The number of rotatable bonds is 5. The third-order valence-corrected chi connectivity index (χ3v) is 5.33. The summed E-state index contributed by atoms with van der Waals surface area (Å²) in [6.45, 7) is 0.386. The number of anilines is 1. The number of amides is 2. The summed E-state index contributed by atoms with van der Waals surface area (Å²) in [4.78, 5) is 24.8.